The number of ketones is 1. The summed E-state index contributed by atoms with van der Waals surface area (Å²) >= 11 is 0. The number of carbonyl (C=O) groups is 2. The first-order valence-electron chi connectivity index (χ1n) is 6.65. The Kier molecular flexibility index (Phi) is 4.71. The second kappa shape index (κ2) is 6.70. The van der Waals surface area contributed by atoms with E-state index in [2.05, 4.69) is 0 Å². The van der Waals surface area contributed by atoms with Crippen molar-refractivity contribution in [2.24, 2.45) is 5.92 Å². The number of carbonyl (C=O) groups excluding carboxylic acids is 2. The Hall–Kier alpha value is -3.21. The Morgan fingerprint density at radius 2 is 2.13 bits per heavy atom. The van der Waals surface area contributed by atoms with Gasteiger partial charge in [-0.1, -0.05) is 12.1 Å². The molecule has 0 aliphatic heterocycles. The van der Waals surface area contributed by atoms with Gasteiger partial charge in [-0.2, -0.15) is 5.26 Å². The minimum Gasteiger partial charge on any atom is -0.456 e. The van der Waals surface area contributed by atoms with Gasteiger partial charge in [0.2, 0.25) is 0 Å². The highest BCUT2D eigenvalue weighted by atomic mass is 16.5. The van der Waals surface area contributed by atoms with E-state index >= 15 is 0 Å². The second-order valence-electron chi connectivity index (χ2n) is 4.79. The van der Waals surface area contributed by atoms with Gasteiger partial charge in [0.05, 0.1) is 11.6 Å². The average Bonchev–Trinajstić information content (AvgIpc) is 2.81. The molecular weight excluding hydrogens is 302 g/mol. The molecule has 0 fully saturated rings. The molecule has 1 unspecified atom stereocenters. The van der Waals surface area contributed by atoms with Crippen molar-refractivity contribution in [3.63, 3.8) is 0 Å². The van der Waals surface area contributed by atoms with Crippen LogP contribution in [0, 0.1) is 22.7 Å². The van der Waals surface area contributed by atoms with Gasteiger partial charge in [0.25, 0.3) is 0 Å². The second-order valence-corrected chi connectivity index (χ2v) is 4.79. The standard InChI is InChI=1S/C15H13N3O5/c1-9(17)10(6-16)12(19)8-22-14(20)7-18-11-4-2-3-5-13(11)23-15(18)21/h2-5,10,17H,7-8H2,1H3. The molecule has 0 aliphatic rings. The zero-order valence-corrected chi connectivity index (χ0v) is 12.2. The molecule has 1 heterocycles. The van der Waals surface area contributed by atoms with Gasteiger partial charge in [0.15, 0.2) is 18.0 Å². The first-order chi connectivity index (χ1) is 10.9. The monoisotopic (exact) mass is 315 g/mol. The number of hydrogen-bond donors (Lipinski definition) is 1. The Morgan fingerprint density at radius 3 is 2.78 bits per heavy atom. The molecule has 8 nitrogen and oxygen atoms in total. The van der Waals surface area contributed by atoms with E-state index in [1.807, 2.05) is 0 Å². The van der Waals surface area contributed by atoms with E-state index in [-0.39, 0.29) is 5.71 Å². The van der Waals surface area contributed by atoms with Crippen molar-refractivity contribution in [3.05, 3.63) is 34.8 Å². The molecule has 1 N–H and O–H groups in total. The zero-order valence-electron chi connectivity index (χ0n) is 12.2. The maximum absolute atomic E-state index is 11.8. The topological polar surface area (TPSA) is 126 Å². The van der Waals surface area contributed by atoms with Gasteiger partial charge in [0.1, 0.15) is 12.5 Å². The van der Waals surface area contributed by atoms with Gasteiger partial charge in [-0.15, -0.1) is 0 Å². The minimum atomic E-state index is -1.24. The molecule has 118 valence electrons. The third kappa shape index (κ3) is 3.52. The number of ether oxygens (including phenoxy) is 1. The molecule has 0 amide bonds. The summed E-state index contributed by atoms with van der Waals surface area (Å²) in [6, 6.07) is 8.25. The molecule has 2 aromatic rings. The third-order valence-electron chi connectivity index (χ3n) is 3.12. The van der Waals surface area contributed by atoms with Crippen LogP contribution in [-0.2, 0) is 20.9 Å². The fourth-order valence-corrected chi connectivity index (χ4v) is 1.98. The van der Waals surface area contributed by atoms with Crippen LogP contribution in [0.2, 0.25) is 0 Å². The summed E-state index contributed by atoms with van der Waals surface area (Å²) < 4.78 is 10.8. The van der Waals surface area contributed by atoms with Gasteiger partial charge in [-0.05, 0) is 19.1 Å². The third-order valence-corrected chi connectivity index (χ3v) is 3.12. The van der Waals surface area contributed by atoms with E-state index < -0.39 is 36.6 Å². The number of aromatic nitrogens is 1. The molecule has 0 saturated carbocycles. The van der Waals surface area contributed by atoms with Gasteiger partial charge < -0.3 is 14.6 Å². The molecule has 23 heavy (non-hydrogen) atoms. The lowest BCUT2D eigenvalue weighted by Gasteiger charge is -2.07. The zero-order chi connectivity index (χ0) is 17.0. The Balaban J connectivity index is 2.04. The average molecular weight is 315 g/mol. The lowest BCUT2D eigenvalue weighted by Crippen LogP contribution is -2.28. The highest BCUT2D eigenvalue weighted by Gasteiger charge is 2.22. The van der Waals surface area contributed by atoms with Crippen molar-refractivity contribution in [1.29, 1.82) is 10.7 Å². The maximum Gasteiger partial charge on any atom is 0.420 e. The van der Waals surface area contributed by atoms with Crippen LogP contribution in [0.3, 0.4) is 0 Å². The summed E-state index contributed by atoms with van der Waals surface area (Å²) in [6.07, 6.45) is 0. The number of esters is 1. The van der Waals surface area contributed by atoms with Crippen molar-refractivity contribution in [1.82, 2.24) is 4.57 Å². The number of nitrogens with zero attached hydrogens (tertiary/aromatic N) is 2. The predicted molar refractivity (Wildman–Crippen MR) is 78.9 cm³/mol. The van der Waals surface area contributed by atoms with E-state index in [9.17, 15) is 14.4 Å². The number of Topliss-reactive ketones (excluding diaryl/α,β-unsaturated/α-hetero) is 1. The molecular formula is C15H13N3O5. The number of nitriles is 1. The molecule has 2 rings (SSSR count). The van der Waals surface area contributed by atoms with E-state index in [1.165, 1.54) is 6.92 Å². The van der Waals surface area contributed by atoms with Crippen molar-refractivity contribution < 1.29 is 18.7 Å². The number of fused-ring (bicyclic) bond motifs is 1. The molecule has 1 aromatic carbocycles. The summed E-state index contributed by atoms with van der Waals surface area (Å²) in [5, 5.41) is 16.1. The summed E-state index contributed by atoms with van der Waals surface area (Å²) in [5.41, 5.74) is 0.655. The SMILES string of the molecule is CC(=N)C(C#N)C(=O)COC(=O)Cn1c(=O)oc2ccccc21. The predicted octanol–water partition coefficient (Wildman–Crippen LogP) is 0.886. The fraction of sp³-hybridized carbons (Fsp3) is 0.267. The van der Waals surface area contributed by atoms with E-state index in [0.29, 0.717) is 11.1 Å². The van der Waals surface area contributed by atoms with Crippen LogP contribution in [0.1, 0.15) is 6.92 Å². The minimum absolute atomic E-state index is 0.120. The molecule has 1 aromatic heterocycles. The van der Waals surface area contributed by atoms with Crippen molar-refractivity contribution >= 4 is 28.6 Å². The van der Waals surface area contributed by atoms with Crippen LogP contribution in [0.25, 0.3) is 11.1 Å². The largest absolute Gasteiger partial charge is 0.456 e. The van der Waals surface area contributed by atoms with Crippen LogP contribution < -0.4 is 5.76 Å². The molecule has 0 bridgehead atoms. The van der Waals surface area contributed by atoms with E-state index in [1.54, 1.807) is 30.3 Å². The Morgan fingerprint density at radius 1 is 1.43 bits per heavy atom. The molecule has 0 aliphatic carbocycles. The van der Waals surface area contributed by atoms with E-state index in [0.717, 1.165) is 4.57 Å². The summed E-state index contributed by atoms with van der Waals surface area (Å²) in [4.78, 5) is 35.2. The number of hydrogen-bond acceptors (Lipinski definition) is 7. The Labute approximate surface area is 130 Å². The molecule has 0 radical (unpaired) electrons. The lowest BCUT2D eigenvalue weighted by atomic mass is 10.0. The summed E-state index contributed by atoms with van der Waals surface area (Å²) in [7, 11) is 0. The number of para-hydroxylation sites is 2. The van der Waals surface area contributed by atoms with Crippen molar-refractivity contribution in [2.75, 3.05) is 6.61 Å². The van der Waals surface area contributed by atoms with Crippen molar-refractivity contribution in [3.8, 4) is 6.07 Å². The number of benzene rings is 1. The lowest BCUT2D eigenvalue weighted by molar-refractivity contribution is -0.148. The summed E-state index contributed by atoms with van der Waals surface area (Å²) in [6.45, 7) is 0.284. The smallest absolute Gasteiger partial charge is 0.420 e. The molecule has 0 saturated heterocycles. The first kappa shape index (κ1) is 16.2. The van der Waals surface area contributed by atoms with Crippen LogP contribution in [0.15, 0.2) is 33.5 Å². The quantitative estimate of drug-likeness (QED) is 0.623. The highest BCUT2D eigenvalue weighted by Crippen LogP contribution is 2.11. The summed E-state index contributed by atoms with van der Waals surface area (Å²) in [5.74, 6) is -3.44. The van der Waals surface area contributed by atoms with Crippen LogP contribution in [0.5, 0.6) is 0 Å². The number of oxazole rings is 1. The molecule has 8 heteroatoms. The number of rotatable bonds is 6. The number of nitrogens with one attached hydrogen (secondary N) is 1. The fourth-order valence-electron chi connectivity index (χ4n) is 1.98. The van der Waals surface area contributed by atoms with Gasteiger partial charge in [-0.3, -0.25) is 14.2 Å². The molecule has 1 atom stereocenters. The van der Waals surface area contributed by atoms with Gasteiger partial charge in [-0.25, -0.2) is 4.79 Å². The van der Waals surface area contributed by atoms with Crippen molar-refractivity contribution in [2.45, 2.75) is 13.5 Å². The van der Waals surface area contributed by atoms with Crippen LogP contribution in [0.4, 0.5) is 0 Å². The highest BCUT2D eigenvalue weighted by molar-refractivity contribution is 6.06. The normalized spacial score (nSPS) is 11.7. The molecule has 0 spiro atoms. The van der Waals surface area contributed by atoms with Crippen LogP contribution >= 0.6 is 0 Å². The first-order valence-corrected chi connectivity index (χ1v) is 6.65. The van der Waals surface area contributed by atoms with Crippen LogP contribution in [-0.4, -0.2) is 28.6 Å². The Bertz CT molecular complexity index is 871. The van der Waals surface area contributed by atoms with Gasteiger partial charge in [0, 0.05) is 5.71 Å². The van der Waals surface area contributed by atoms with E-state index in [4.69, 9.17) is 19.8 Å². The van der Waals surface area contributed by atoms with Gasteiger partial charge >= 0.3 is 11.7 Å². The maximum atomic E-state index is 11.8.